The lowest BCUT2D eigenvalue weighted by atomic mass is 9.96. The lowest BCUT2D eigenvalue weighted by Crippen LogP contribution is -2.42. The summed E-state index contributed by atoms with van der Waals surface area (Å²) in [7, 11) is 0. The van der Waals surface area contributed by atoms with E-state index in [0.29, 0.717) is 19.0 Å². The molecule has 1 amide bonds. The first kappa shape index (κ1) is 16.1. The van der Waals surface area contributed by atoms with Crippen LogP contribution >= 0.6 is 0 Å². The van der Waals surface area contributed by atoms with Crippen LogP contribution in [-0.4, -0.2) is 44.7 Å². The number of para-hydroxylation sites is 1. The predicted molar refractivity (Wildman–Crippen MR) is 96.4 cm³/mol. The van der Waals surface area contributed by atoms with Gasteiger partial charge in [0.05, 0.1) is 13.1 Å². The fourth-order valence-corrected chi connectivity index (χ4v) is 3.95. The smallest absolute Gasteiger partial charge is 0.224 e. The molecule has 4 rings (SSSR count). The molecule has 132 valence electrons. The Bertz CT molecular complexity index is 784. The zero-order chi connectivity index (χ0) is 17.4. The second-order valence-corrected chi connectivity index (χ2v) is 7.07. The van der Waals surface area contributed by atoms with E-state index >= 15 is 0 Å². The molecule has 2 aromatic rings. The van der Waals surface area contributed by atoms with Crippen LogP contribution in [0.5, 0.6) is 0 Å². The van der Waals surface area contributed by atoms with Crippen molar-refractivity contribution in [2.75, 3.05) is 18.0 Å². The van der Waals surface area contributed by atoms with Gasteiger partial charge in [0.2, 0.25) is 5.91 Å². The van der Waals surface area contributed by atoms with Crippen molar-refractivity contribution in [1.29, 1.82) is 0 Å². The lowest BCUT2D eigenvalue weighted by Gasteiger charge is -2.37. The minimum Gasteiger partial charge on any atom is -0.368 e. The first-order chi connectivity index (χ1) is 12.1. The molecule has 3 heterocycles. The summed E-state index contributed by atoms with van der Waals surface area (Å²) >= 11 is 0. The van der Waals surface area contributed by atoms with E-state index in [-0.39, 0.29) is 5.91 Å². The number of carbonyl (C=O) groups is 1. The molecule has 0 saturated heterocycles. The van der Waals surface area contributed by atoms with Gasteiger partial charge in [-0.3, -0.25) is 4.79 Å². The van der Waals surface area contributed by atoms with Gasteiger partial charge in [0, 0.05) is 31.2 Å². The van der Waals surface area contributed by atoms with Crippen molar-refractivity contribution < 1.29 is 4.79 Å². The van der Waals surface area contributed by atoms with Crippen molar-refractivity contribution in [2.24, 2.45) is 0 Å². The number of benzene rings is 1. The van der Waals surface area contributed by atoms with Gasteiger partial charge in [-0.2, -0.15) is 5.10 Å². The maximum atomic E-state index is 12.7. The molecule has 2 aliphatic heterocycles. The molecule has 0 saturated carbocycles. The Kier molecular flexibility index (Phi) is 4.19. The number of hydrogen-bond acceptors (Lipinski definition) is 4. The molecule has 0 aliphatic carbocycles. The standard InChI is InChI=1S/C19H25N5O/c1-14-7-8-16-5-3-4-6-17(16)23(14)10-9-19(25)22-11-12-24-18(13-22)20-15(2)21-24/h3-6,14H,7-13H2,1-2H3. The highest BCUT2D eigenvalue weighted by atomic mass is 16.2. The van der Waals surface area contributed by atoms with Gasteiger partial charge in [-0.25, -0.2) is 9.67 Å². The van der Waals surface area contributed by atoms with E-state index in [0.717, 1.165) is 44.1 Å². The highest BCUT2D eigenvalue weighted by Crippen LogP contribution is 2.30. The summed E-state index contributed by atoms with van der Waals surface area (Å²) < 4.78 is 1.92. The molecule has 0 radical (unpaired) electrons. The van der Waals surface area contributed by atoms with Gasteiger partial charge >= 0.3 is 0 Å². The summed E-state index contributed by atoms with van der Waals surface area (Å²) in [5.41, 5.74) is 2.69. The third-order valence-electron chi connectivity index (χ3n) is 5.35. The molecule has 0 fully saturated rings. The zero-order valence-electron chi connectivity index (χ0n) is 15.0. The minimum atomic E-state index is 0.210. The maximum Gasteiger partial charge on any atom is 0.224 e. The molecule has 25 heavy (non-hydrogen) atoms. The van der Waals surface area contributed by atoms with Gasteiger partial charge in [-0.1, -0.05) is 18.2 Å². The summed E-state index contributed by atoms with van der Waals surface area (Å²) in [4.78, 5) is 21.5. The van der Waals surface area contributed by atoms with Crippen LogP contribution in [-0.2, 0) is 24.3 Å². The predicted octanol–water partition coefficient (Wildman–Crippen LogP) is 2.16. The van der Waals surface area contributed by atoms with E-state index in [4.69, 9.17) is 0 Å². The van der Waals surface area contributed by atoms with E-state index in [1.165, 1.54) is 11.3 Å². The van der Waals surface area contributed by atoms with Crippen LogP contribution in [0.3, 0.4) is 0 Å². The van der Waals surface area contributed by atoms with Crippen molar-refractivity contribution in [3.63, 3.8) is 0 Å². The van der Waals surface area contributed by atoms with Gasteiger partial charge in [0.15, 0.2) is 0 Å². The molecule has 2 aliphatic rings. The van der Waals surface area contributed by atoms with Gasteiger partial charge in [0.25, 0.3) is 0 Å². The first-order valence-electron chi connectivity index (χ1n) is 9.14. The van der Waals surface area contributed by atoms with E-state index < -0.39 is 0 Å². The summed E-state index contributed by atoms with van der Waals surface area (Å²) in [6.45, 7) is 6.97. The topological polar surface area (TPSA) is 54.3 Å². The number of aryl methyl sites for hydroxylation is 2. The quantitative estimate of drug-likeness (QED) is 0.860. The normalized spacial score (nSPS) is 19.5. The minimum absolute atomic E-state index is 0.210. The number of anilines is 1. The van der Waals surface area contributed by atoms with Crippen molar-refractivity contribution in [3.05, 3.63) is 41.5 Å². The molecule has 1 aromatic carbocycles. The van der Waals surface area contributed by atoms with Gasteiger partial charge in [-0.15, -0.1) is 0 Å². The first-order valence-corrected chi connectivity index (χ1v) is 9.14. The largest absolute Gasteiger partial charge is 0.368 e. The van der Waals surface area contributed by atoms with E-state index in [1.54, 1.807) is 0 Å². The monoisotopic (exact) mass is 339 g/mol. The molecule has 1 unspecified atom stereocenters. The van der Waals surface area contributed by atoms with Crippen LogP contribution in [0.2, 0.25) is 0 Å². The van der Waals surface area contributed by atoms with Crippen LogP contribution in [0.15, 0.2) is 24.3 Å². The van der Waals surface area contributed by atoms with Crippen LogP contribution < -0.4 is 4.90 Å². The Balaban J connectivity index is 1.41. The third kappa shape index (κ3) is 3.13. The highest BCUT2D eigenvalue weighted by molar-refractivity contribution is 5.77. The molecular formula is C19H25N5O. The highest BCUT2D eigenvalue weighted by Gasteiger charge is 2.26. The molecule has 0 N–H and O–H groups in total. The number of amides is 1. The Morgan fingerprint density at radius 2 is 2.12 bits per heavy atom. The van der Waals surface area contributed by atoms with Crippen LogP contribution in [0.4, 0.5) is 5.69 Å². The van der Waals surface area contributed by atoms with Crippen LogP contribution in [0.25, 0.3) is 0 Å². The number of carbonyl (C=O) groups excluding carboxylic acids is 1. The third-order valence-corrected chi connectivity index (χ3v) is 5.35. The van der Waals surface area contributed by atoms with Crippen molar-refractivity contribution in [3.8, 4) is 0 Å². The van der Waals surface area contributed by atoms with Gasteiger partial charge in [-0.05, 0) is 38.3 Å². The number of aromatic nitrogens is 3. The Hall–Kier alpha value is -2.37. The van der Waals surface area contributed by atoms with E-state index in [9.17, 15) is 4.79 Å². The van der Waals surface area contributed by atoms with Crippen LogP contribution in [0.1, 0.15) is 37.0 Å². The summed E-state index contributed by atoms with van der Waals surface area (Å²) in [5.74, 6) is 1.89. The molecule has 6 nitrogen and oxygen atoms in total. The summed E-state index contributed by atoms with van der Waals surface area (Å²) in [6, 6.07) is 9.06. The van der Waals surface area contributed by atoms with E-state index in [1.807, 2.05) is 16.5 Å². The number of nitrogens with zero attached hydrogens (tertiary/aromatic N) is 5. The fraction of sp³-hybridized carbons (Fsp3) is 0.526. The second kappa shape index (κ2) is 6.50. The Labute approximate surface area is 148 Å². The zero-order valence-corrected chi connectivity index (χ0v) is 15.0. The average Bonchev–Trinajstić information content (AvgIpc) is 2.99. The van der Waals surface area contributed by atoms with Crippen molar-refractivity contribution in [2.45, 2.75) is 52.2 Å². The lowest BCUT2D eigenvalue weighted by molar-refractivity contribution is -0.132. The maximum absolute atomic E-state index is 12.7. The summed E-state index contributed by atoms with van der Waals surface area (Å²) in [6.07, 6.45) is 2.83. The van der Waals surface area contributed by atoms with Gasteiger partial charge < -0.3 is 9.80 Å². The second-order valence-electron chi connectivity index (χ2n) is 7.07. The molecular weight excluding hydrogens is 314 g/mol. The van der Waals surface area contributed by atoms with Crippen molar-refractivity contribution in [1.82, 2.24) is 19.7 Å². The molecule has 6 heteroatoms. The van der Waals surface area contributed by atoms with E-state index in [2.05, 4.69) is 46.2 Å². The molecule has 0 spiro atoms. The number of rotatable bonds is 3. The molecule has 1 atom stereocenters. The summed E-state index contributed by atoms with van der Waals surface area (Å²) in [5, 5.41) is 4.36. The number of fused-ring (bicyclic) bond motifs is 2. The Morgan fingerprint density at radius 1 is 1.28 bits per heavy atom. The molecule has 0 bridgehead atoms. The SMILES string of the molecule is Cc1nc2n(n1)CCN(C(=O)CCN1c3ccccc3CCC1C)C2. The number of hydrogen-bond donors (Lipinski definition) is 0. The van der Waals surface area contributed by atoms with Crippen LogP contribution in [0, 0.1) is 6.92 Å². The fourth-order valence-electron chi connectivity index (χ4n) is 3.95. The van der Waals surface area contributed by atoms with Crippen molar-refractivity contribution >= 4 is 11.6 Å². The average molecular weight is 339 g/mol. The van der Waals surface area contributed by atoms with Gasteiger partial charge in [0.1, 0.15) is 11.6 Å². The molecule has 1 aromatic heterocycles. The Morgan fingerprint density at radius 3 is 3.00 bits per heavy atom.